The average molecular weight is 185 g/mol. The van der Waals surface area contributed by atoms with E-state index in [-0.39, 0.29) is 6.54 Å². The SMILES string of the molecule is CN1C=C(Cl)CN1OC(F)F. The minimum absolute atomic E-state index is 0.169. The molecule has 64 valence electrons. The highest BCUT2D eigenvalue weighted by Gasteiger charge is 2.21. The maximum absolute atomic E-state index is 11.6. The Morgan fingerprint density at radius 2 is 2.36 bits per heavy atom. The van der Waals surface area contributed by atoms with Crippen molar-refractivity contribution in [3.05, 3.63) is 11.2 Å². The van der Waals surface area contributed by atoms with Crippen LogP contribution in [0.25, 0.3) is 0 Å². The number of hydrogen-bond donors (Lipinski definition) is 0. The van der Waals surface area contributed by atoms with E-state index in [2.05, 4.69) is 4.84 Å². The second kappa shape index (κ2) is 3.34. The Kier molecular flexibility index (Phi) is 2.64. The Bertz CT molecular complexity index is 176. The minimum atomic E-state index is -2.81. The molecule has 0 aromatic rings. The predicted molar refractivity (Wildman–Crippen MR) is 35.5 cm³/mol. The van der Waals surface area contributed by atoms with E-state index >= 15 is 0 Å². The Balaban J connectivity index is 2.40. The fraction of sp³-hybridized carbons (Fsp3) is 0.600. The lowest BCUT2D eigenvalue weighted by molar-refractivity contribution is -0.335. The van der Waals surface area contributed by atoms with Crippen molar-refractivity contribution >= 4 is 11.6 Å². The highest BCUT2D eigenvalue weighted by atomic mass is 35.5. The number of alkyl halides is 2. The molecule has 0 spiro atoms. The van der Waals surface area contributed by atoms with E-state index in [4.69, 9.17) is 11.6 Å². The summed E-state index contributed by atoms with van der Waals surface area (Å²) >= 11 is 5.54. The summed E-state index contributed by atoms with van der Waals surface area (Å²) in [7, 11) is 1.57. The summed E-state index contributed by atoms with van der Waals surface area (Å²) < 4.78 is 23.3. The molecule has 0 saturated heterocycles. The lowest BCUT2D eigenvalue weighted by Gasteiger charge is -2.22. The summed E-state index contributed by atoms with van der Waals surface area (Å²) in [6, 6.07) is 0. The zero-order valence-corrected chi connectivity index (χ0v) is 6.55. The van der Waals surface area contributed by atoms with Crippen LogP contribution in [0.3, 0.4) is 0 Å². The third kappa shape index (κ3) is 2.28. The summed E-state index contributed by atoms with van der Waals surface area (Å²) in [6.45, 7) is -2.64. The second-order valence-electron chi connectivity index (χ2n) is 2.03. The first-order valence-corrected chi connectivity index (χ1v) is 3.29. The first-order valence-electron chi connectivity index (χ1n) is 2.91. The largest absolute Gasteiger partial charge is 0.362 e. The van der Waals surface area contributed by atoms with Gasteiger partial charge in [0, 0.05) is 13.2 Å². The molecule has 0 aromatic carbocycles. The molecule has 1 heterocycles. The first-order chi connectivity index (χ1) is 5.09. The Morgan fingerprint density at radius 1 is 1.73 bits per heavy atom. The van der Waals surface area contributed by atoms with Crippen molar-refractivity contribution < 1.29 is 13.6 Å². The molecule has 0 aliphatic carbocycles. The molecule has 0 N–H and O–H groups in total. The number of halogens is 3. The lowest BCUT2D eigenvalue weighted by atomic mass is 10.6. The van der Waals surface area contributed by atoms with Gasteiger partial charge in [-0.3, -0.25) is 5.01 Å². The van der Waals surface area contributed by atoms with Crippen molar-refractivity contribution in [2.45, 2.75) is 6.61 Å². The quantitative estimate of drug-likeness (QED) is 0.645. The van der Waals surface area contributed by atoms with Gasteiger partial charge in [0.2, 0.25) is 0 Å². The van der Waals surface area contributed by atoms with Gasteiger partial charge in [-0.25, -0.2) is 4.84 Å². The van der Waals surface area contributed by atoms with Gasteiger partial charge in [0.15, 0.2) is 0 Å². The molecule has 0 aromatic heterocycles. The van der Waals surface area contributed by atoms with Crippen LogP contribution in [0.1, 0.15) is 0 Å². The molecule has 1 rings (SSSR count). The van der Waals surface area contributed by atoms with Gasteiger partial charge in [-0.15, -0.1) is 0 Å². The molecule has 0 radical (unpaired) electrons. The molecule has 0 atom stereocenters. The third-order valence-corrected chi connectivity index (χ3v) is 1.38. The number of rotatable bonds is 2. The monoisotopic (exact) mass is 184 g/mol. The van der Waals surface area contributed by atoms with Crippen LogP contribution in [0, 0.1) is 0 Å². The van der Waals surface area contributed by atoms with E-state index in [0.717, 1.165) is 5.17 Å². The first kappa shape index (κ1) is 8.70. The van der Waals surface area contributed by atoms with Gasteiger partial charge >= 0.3 is 6.61 Å². The Morgan fingerprint density at radius 3 is 2.73 bits per heavy atom. The van der Waals surface area contributed by atoms with Crippen LogP contribution in [0.15, 0.2) is 11.2 Å². The van der Waals surface area contributed by atoms with Crippen molar-refractivity contribution in [1.29, 1.82) is 0 Å². The van der Waals surface area contributed by atoms with Crippen molar-refractivity contribution in [2.24, 2.45) is 0 Å². The zero-order chi connectivity index (χ0) is 8.43. The van der Waals surface area contributed by atoms with Gasteiger partial charge in [-0.2, -0.15) is 8.78 Å². The molecule has 0 amide bonds. The summed E-state index contributed by atoms with van der Waals surface area (Å²) in [5.41, 5.74) is 0. The van der Waals surface area contributed by atoms with E-state index in [1.165, 1.54) is 11.2 Å². The molecule has 1 aliphatic heterocycles. The normalized spacial score (nSPS) is 19.7. The summed E-state index contributed by atoms with van der Waals surface area (Å²) in [6.07, 6.45) is 1.50. The van der Waals surface area contributed by atoms with E-state index in [0.29, 0.717) is 5.03 Å². The molecule has 0 bridgehead atoms. The fourth-order valence-electron chi connectivity index (χ4n) is 0.752. The van der Waals surface area contributed by atoms with E-state index in [9.17, 15) is 8.78 Å². The highest BCUT2D eigenvalue weighted by Crippen LogP contribution is 2.17. The highest BCUT2D eigenvalue weighted by molar-refractivity contribution is 6.29. The Labute approximate surface area is 67.7 Å². The van der Waals surface area contributed by atoms with E-state index in [1.54, 1.807) is 7.05 Å². The molecular formula is C5H7ClF2N2O. The molecule has 3 nitrogen and oxygen atoms in total. The molecule has 0 unspecified atom stereocenters. The smallest absolute Gasteiger partial charge is 0.292 e. The number of hydrogen-bond acceptors (Lipinski definition) is 3. The van der Waals surface area contributed by atoms with Crippen molar-refractivity contribution in [3.63, 3.8) is 0 Å². The second-order valence-corrected chi connectivity index (χ2v) is 2.51. The molecule has 0 saturated carbocycles. The van der Waals surface area contributed by atoms with Crippen LogP contribution < -0.4 is 0 Å². The molecule has 11 heavy (non-hydrogen) atoms. The average Bonchev–Trinajstić information content (AvgIpc) is 2.09. The number of nitrogens with zero attached hydrogens (tertiary/aromatic N) is 2. The van der Waals surface area contributed by atoms with Crippen LogP contribution in [-0.4, -0.2) is 30.4 Å². The molecule has 1 aliphatic rings. The fourth-order valence-corrected chi connectivity index (χ4v) is 0.996. The molecule has 6 heteroatoms. The maximum Gasteiger partial charge on any atom is 0.362 e. The van der Waals surface area contributed by atoms with Crippen LogP contribution in [0.4, 0.5) is 8.78 Å². The van der Waals surface area contributed by atoms with Crippen molar-refractivity contribution in [2.75, 3.05) is 13.6 Å². The van der Waals surface area contributed by atoms with E-state index in [1.807, 2.05) is 0 Å². The molecule has 0 fully saturated rings. The summed E-state index contributed by atoms with van der Waals surface area (Å²) in [5.74, 6) is 0. The van der Waals surface area contributed by atoms with Gasteiger partial charge in [-0.1, -0.05) is 16.8 Å². The van der Waals surface area contributed by atoms with Crippen LogP contribution in [0.5, 0.6) is 0 Å². The minimum Gasteiger partial charge on any atom is -0.292 e. The Hall–Kier alpha value is -0.390. The van der Waals surface area contributed by atoms with Crippen LogP contribution in [-0.2, 0) is 4.84 Å². The predicted octanol–water partition coefficient (Wildman–Crippen LogP) is 1.38. The van der Waals surface area contributed by atoms with Gasteiger partial charge < -0.3 is 0 Å². The van der Waals surface area contributed by atoms with Gasteiger partial charge in [0.05, 0.1) is 11.6 Å². The van der Waals surface area contributed by atoms with Crippen molar-refractivity contribution in [3.8, 4) is 0 Å². The maximum atomic E-state index is 11.6. The van der Waals surface area contributed by atoms with Crippen LogP contribution >= 0.6 is 11.6 Å². The lowest BCUT2D eigenvalue weighted by Crippen LogP contribution is -2.34. The van der Waals surface area contributed by atoms with Gasteiger partial charge in [0.1, 0.15) is 0 Å². The summed E-state index contributed by atoms with van der Waals surface area (Å²) in [4.78, 5) is 4.08. The van der Waals surface area contributed by atoms with Gasteiger partial charge in [0.25, 0.3) is 0 Å². The topological polar surface area (TPSA) is 15.7 Å². The standard InChI is InChI=1S/C5H7ClF2N2O/c1-9-2-4(6)3-10(9)11-5(7)8/h2,5H,3H2,1H3. The third-order valence-electron chi connectivity index (χ3n) is 1.17. The molecular weight excluding hydrogens is 178 g/mol. The zero-order valence-electron chi connectivity index (χ0n) is 5.80. The summed E-state index contributed by atoms with van der Waals surface area (Å²) in [5, 5.41) is 2.80. The van der Waals surface area contributed by atoms with Crippen molar-refractivity contribution in [1.82, 2.24) is 10.2 Å². The van der Waals surface area contributed by atoms with Gasteiger partial charge in [-0.05, 0) is 0 Å². The van der Waals surface area contributed by atoms with Crippen LogP contribution in [0.2, 0.25) is 0 Å². The number of hydrazine groups is 1. The number of hydroxylamine groups is 1. The van der Waals surface area contributed by atoms with E-state index < -0.39 is 6.61 Å².